The molecule has 0 aliphatic heterocycles. The Balaban J connectivity index is 1.19. The molecule has 51 heavy (non-hydrogen) atoms. The molecule has 0 unspecified atom stereocenters. The summed E-state index contributed by atoms with van der Waals surface area (Å²) in [7, 11) is 0. The molecule has 7 heteroatoms. The van der Waals surface area contributed by atoms with Crippen LogP contribution in [0.2, 0.25) is 0 Å². The molecular formula is C44H24N4OS2. The number of nitrogens with zero attached hydrogens (tertiary/aromatic N) is 4. The minimum absolute atomic E-state index is 0.589. The summed E-state index contributed by atoms with van der Waals surface area (Å²) in [5.74, 6) is 1.84. The number of hydrogen-bond acceptors (Lipinski definition) is 7. The maximum absolute atomic E-state index is 6.50. The van der Waals surface area contributed by atoms with Crippen LogP contribution in [0.4, 0.5) is 0 Å². The van der Waals surface area contributed by atoms with Gasteiger partial charge in [0.15, 0.2) is 23.1 Å². The van der Waals surface area contributed by atoms with Crippen LogP contribution in [0, 0.1) is 0 Å². The highest BCUT2D eigenvalue weighted by atomic mass is 32.1. The van der Waals surface area contributed by atoms with E-state index >= 15 is 0 Å². The molecule has 0 spiro atoms. The number of aromatic nitrogens is 4. The van der Waals surface area contributed by atoms with E-state index in [1.165, 1.54) is 35.6 Å². The van der Waals surface area contributed by atoms with Gasteiger partial charge in [-0.3, -0.25) is 4.98 Å². The highest BCUT2D eigenvalue weighted by Gasteiger charge is 2.21. The van der Waals surface area contributed by atoms with Gasteiger partial charge >= 0.3 is 0 Å². The predicted molar refractivity (Wildman–Crippen MR) is 212 cm³/mol. The first-order valence-electron chi connectivity index (χ1n) is 16.7. The Morgan fingerprint density at radius 2 is 1.14 bits per heavy atom. The topological polar surface area (TPSA) is 64.7 Å². The molecule has 0 saturated carbocycles. The number of hydrogen-bond donors (Lipinski definition) is 0. The summed E-state index contributed by atoms with van der Waals surface area (Å²) in [6.45, 7) is 0. The molecule has 5 heterocycles. The van der Waals surface area contributed by atoms with Crippen molar-refractivity contribution in [1.82, 2.24) is 19.9 Å². The lowest BCUT2D eigenvalue weighted by Crippen LogP contribution is -2.00. The van der Waals surface area contributed by atoms with Crippen molar-refractivity contribution in [1.29, 1.82) is 0 Å². The third-order valence-electron chi connectivity index (χ3n) is 9.64. The fraction of sp³-hybridized carbons (Fsp3) is 0. The Kier molecular flexibility index (Phi) is 6.22. The lowest BCUT2D eigenvalue weighted by molar-refractivity contribution is 0.667. The third-order valence-corrected chi connectivity index (χ3v) is 12.0. The highest BCUT2D eigenvalue weighted by molar-refractivity contribution is 7.26. The maximum atomic E-state index is 6.50. The summed E-state index contributed by atoms with van der Waals surface area (Å²) in [5.41, 5.74) is 6.40. The van der Waals surface area contributed by atoms with Crippen LogP contribution in [0.15, 0.2) is 150 Å². The van der Waals surface area contributed by atoms with Gasteiger partial charge in [-0.25, -0.2) is 15.0 Å². The van der Waals surface area contributed by atoms with E-state index in [0.29, 0.717) is 17.5 Å². The van der Waals surface area contributed by atoms with Crippen molar-refractivity contribution in [2.75, 3.05) is 0 Å². The molecule has 0 aliphatic rings. The van der Waals surface area contributed by atoms with E-state index in [4.69, 9.17) is 19.4 Å². The SMILES string of the molecule is c1ccc(-c2nc(-c3cccc4c3sc3ccccc34)nc(-c3cc(-c4ccc5c(c4)sc4ccccc45)cc4oc5cnccc5c34)n2)cc1. The summed E-state index contributed by atoms with van der Waals surface area (Å²) < 4.78 is 11.4. The van der Waals surface area contributed by atoms with Crippen LogP contribution < -0.4 is 0 Å². The van der Waals surface area contributed by atoms with Crippen molar-refractivity contribution < 1.29 is 4.42 Å². The zero-order valence-electron chi connectivity index (χ0n) is 26.9. The smallest absolute Gasteiger partial charge is 0.165 e. The van der Waals surface area contributed by atoms with Gasteiger partial charge in [0.25, 0.3) is 0 Å². The standard InChI is InChI=1S/C44H24N4OS2/c1-2-9-25(10-3-1)42-46-43(33-14-8-13-31-29-12-5-7-16-38(29)51-41(31)33)48-44(47-42)34-21-27(22-35-40(34)32-19-20-45-24-36(32)49-35)26-17-18-30-28-11-4-6-15-37(28)50-39(30)23-26/h1-24H. The number of benzene rings is 6. The van der Waals surface area contributed by atoms with Crippen molar-refractivity contribution in [3.05, 3.63) is 146 Å². The van der Waals surface area contributed by atoms with Gasteiger partial charge in [-0.15, -0.1) is 22.7 Å². The minimum Gasteiger partial charge on any atom is -0.454 e. The Morgan fingerprint density at radius 1 is 0.431 bits per heavy atom. The summed E-state index contributed by atoms with van der Waals surface area (Å²) in [6.07, 6.45) is 3.58. The van der Waals surface area contributed by atoms with Gasteiger partial charge in [0, 0.05) is 74.0 Å². The van der Waals surface area contributed by atoms with Crippen LogP contribution in [-0.4, -0.2) is 19.9 Å². The Hall–Kier alpha value is -6.28. The summed E-state index contributed by atoms with van der Waals surface area (Å²) in [6, 6.07) is 46.7. The molecule has 0 amide bonds. The molecule has 11 rings (SSSR count). The van der Waals surface area contributed by atoms with Crippen molar-refractivity contribution in [3.63, 3.8) is 0 Å². The average molecular weight is 689 g/mol. The quantitative estimate of drug-likeness (QED) is 0.184. The van der Waals surface area contributed by atoms with Gasteiger partial charge in [-0.2, -0.15) is 0 Å². The van der Waals surface area contributed by atoms with Gasteiger partial charge < -0.3 is 4.42 Å². The largest absolute Gasteiger partial charge is 0.454 e. The first-order valence-corrected chi connectivity index (χ1v) is 18.3. The van der Waals surface area contributed by atoms with Crippen LogP contribution >= 0.6 is 22.7 Å². The second-order valence-electron chi connectivity index (χ2n) is 12.6. The zero-order valence-corrected chi connectivity index (χ0v) is 28.5. The van der Waals surface area contributed by atoms with Crippen molar-refractivity contribution in [3.8, 4) is 45.3 Å². The monoisotopic (exact) mass is 688 g/mol. The van der Waals surface area contributed by atoms with Crippen molar-refractivity contribution in [2.45, 2.75) is 0 Å². The normalized spacial score (nSPS) is 11.9. The summed E-state index contributed by atoms with van der Waals surface area (Å²) in [4.78, 5) is 20.0. The molecule has 5 nitrogen and oxygen atoms in total. The summed E-state index contributed by atoms with van der Waals surface area (Å²) in [5, 5.41) is 6.91. The van der Waals surface area contributed by atoms with Gasteiger partial charge in [0.05, 0.1) is 6.20 Å². The summed E-state index contributed by atoms with van der Waals surface area (Å²) >= 11 is 3.59. The van der Waals surface area contributed by atoms with Gasteiger partial charge in [0.2, 0.25) is 0 Å². The van der Waals surface area contributed by atoms with Crippen molar-refractivity contribution >= 4 is 85.0 Å². The lowest BCUT2D eigenvalue weighted by atomic mass is 9.97. The molecule has 6 aromatic carbocycles. The average Bonchev–Trinajstić information content (AvgIpc) is 3.88. The van der Waals surface area contributed by atoms with E-state index in [1.807, 2.05) is 47.7 Å². The molecule has 0 atom stereocenters. The van der Waals surface area contributed by atoms with E-state index < -0.39 is 0 Å². The Bertz CT molecular complexity index is 3160. The second-order valence-corrected chi connectivity index (χ2v) is 14.8. The predicted octanol–water partition coefficient (Wildman–Crippen LogP) is 12.6. The Labute approximate surface area is 299 Å². The van der Waals surface area contributed by atoms with E-state index in [9.17, 15) is 0 Å². The van der Waals surface area contributed by atoms with Crippen LogP contribution in [0.3, 0.4) is 0 Å². The van der Waals surface area contributed by atoms with E-state index in [1.54, 1.807) is 23.7 Å². The fourth-order valence-corrected chi connectivity index (χ4v) is 9.62. The van der Waals surface area contributed by atoms with Crippen LogP contribution in [0.5, 0.6) is 0 Å². The first kappa shape index (κ1) is 28.5. The number of rotatable bonds is 4. The highest BCUT2D eigenvalue weighted by Crippen LogP contribution is 2.43. The fourth-order valence-electron chi connectivity index (χ4n) is 7.26. The molecule has 11 aromatic rings. The molecule has 0 N–H and O–H groups in total. The van der Waals surface area contributed by atoms with Crippen molar-refractivity contribution in [2.24, 2.45) is 0 Å². The molecule has 5 aromatic heterocycles. The molecule has 0 bridgehead atoms. The number of thiophene rings is 2. The third kappa shape index (κ3) is 4.52. The van der Waals surface area contributed by atoms with Crippen LogP contribution in [0.1, 0.15) is 0 Å². The van der Waals surface area contributed by atoms with Crippen LogP contribution in [0.25, 0.3) is 108 Å². The zero-order chi connectivity index (χ0) is 33.5. The molecule has 0 radical (unpaired) electrons. The van der Waals surface area contributed by atoms with Crippen LogP contribution in [-0.2, 0) is 0 Å². The number of furan rings is 1. The van der Waals surface area contributed by atoms with E-state index in [2.05, 4.69) is 102 Å². The second kappa shape index (κ2) is 11.1. The lowest BCUT2D eigenvalue weighted by Gasteiger charge is -2.11. The van der Waals surface area contributed by atoms with Gasteiger partial charge in [-0.1, -0.05) is 91.0 Å². The number of fused-ring (bicyclic) bond motifs is 9. The van der Waals surface area contributed by atoms with E-state index in [-0.39, 0.29) is 0 Å². The maximum Gasteiger partial charge on any atom is 0.165 e. The minimum atomic E-state index is 0.589. The molecular weight excluding hydrogens is 665 g/mol. The molecule has 0 aliphatic carbocycles. The van der Waals surface area contributed by atoms with Gasteiger partial charge in [0.1, 0.15) is 5.58 Å². The Morgan fingerprint density at radius 3 is 2.00 bits per heavy atom. The van der Waals surface area contributed by atoms with Gasteiger partial charge in [-0.05, 0) is 53.6 Å². The molecule has 238 valence electrons. The molecule has 0 saturated heterocycles. The van der Waals surface area contributed by atoms with E-state index in [0.717, 1.165) is 54.5 Å². The molecule has 0 fully saturated rings. The number of pyridine rings is 1. The first-order chi connectivity index (χ1) is 25.2.